The molecule has 0 amide bonds. The lowest BCUT2D eigenvalue weighted by Gasteiger charge is -2.44. The normalized spacial score (nSPS) is 13.0. The topological polar surface area (TPSA) is 6.48 Å². The minimum atomic E-state index is -0.282. The molecular weight excluding hydrogens is 761 g/mol. The van der Waals surface area contributed by atoms with Crippen LogP contribution in [0.4, 0.5) is 34.1 Å². The maximum absolute atomic E-state index is 2.56. The number of benzene rings is 11. The lowest BCUT2D eigenvalue weighted by Crippen LogP contribution is -2.31. The molecule has 0 radical (unpaired) electrons. The third-order valence-electron chi connectivity index (χ3n) is 13.4. The van der Waals surface area contributed by atoms with E-state index in [1.54, 1.807) is 0 Å². The van der Waals surface area contributed by atoms with Crippen molar-refractivity contribution in [2.45, 2.75) is 19.3 Å². The Morgan fingerprint density at radius 3 is 1.71 bits per heavy atom. The van der Waals surface area contributed by atoms with Crippen LogP contribution in [0.25, 0.3) is 65.3 Å². The Morgan fingerprint density at radius 2 is 0.921 bits per heavy atom. The summed E-state index contributed by atoms with van der Waals surface area (Å²) in [7, 11) is 0. The molecule has 2 nitrogen and oxygen atoms in total. The molecule has 0 aliphatic carbocycles. The summed E-state index contributed by atoms with van der Waals surface area (Å²) >= 11 is 0. The molecule has 1 aliphatic rings. The molecule has 298 valence electrons. The lowest BCUT2D eigenvalue weighted by atomic mass is 9.72. The zero-order chi connectivity index (χ0) is 42.1. The van der Waals surface area contributed by atoms with Crippen molar-refractivity contribution < 1.29 is 0 Å². The largest absolute Gasteiger partial charge is 0.308 e. The van der Waals surface area contributed by atoms with Gasteiger partial charge in [0, 0.05) is 21.9 Å². The van der Waals surface area contributed by atoms with Crippen molar-refractivity contribution in [3.05, 3.63) is 242 Å². The van der Waals surface area contributed by atoms with Gasteiger partial charge in [-0.3, -0.25) is 0 Å². The summed E-state index contributed by atoms with van der Waals surface area (Å²) in [4.78, 5) is 5.08. The van der Waals surface area contributed by atoms with Crippen molar-refractivity contribution in [2.75, 3.05) is 9.80 Å². The molecule has 0 saturated heterocycles. The van der Waals surface area contributed by atoms with E-state index in [9.17, 15) is 0 Å². The summed E-state index contributed by atoms with van der Waals surface area (Å²) in [6.45, 7) is 4.78. The second kappa shape index (κ2) is 14.6. The van der Waals surface area contributed by atoms with Crippen LogP contribution in [-0.2, 0) is 5.41 Å². The van der Waals surface area contributed by atoms with Gasteiger partial charge in [0.25, 0.3) is 0 Å². The molecule has 12 rings (SSSR count). The van der Waals surface area contributed by atoms with Gasteiger partial charge < -0.3 is 9.80 Å². The summed E-state index contributed by atoms with van der Waals surface area (Å²) in [6, 6.07) is 85.0. The van der Waals surface area contributed by atoms with Crippen molar-refractivity contribution >= 4 is 77.2 Å². The molecule has 0 spiro atoms. The smallest absolute Gasteiger partial charge is 0.0781 e. The second-order valence-electron chi connectivity index (χ2n) is 17.3. The summed E-state index contributed by atoms with van der Waals surface area (Å²) in [6.07, 6.45) is 0. The predicted octanol–water partition coefficient (Wildman–Crippen LogP) is 17.2. The van der Waals surface area contributed by atoms with E-state index in [0.29, 0.717) is 0 Å². The average molecular weight is 805 g/mol. The third kappa shape index (κ3) is 5.94. The molecule has 0 bridgehead atoms. The fourth-order valence-corrected chi connectivity index (χ4v) is 10.3. The van der Waals surface area contributed by atoms with Crippen LogP contribution in [0.1, 0.15) is 25.0 Å². The first-order chi connectivity index (χ1) is 31.0. The van der Waals surface area contributed by atoms with E-state index in [4.69, 9.17) is 0 Å². The van der Waals surface area contributed by atoms with E-state index >= 15 is 0 Å². The van der Waals surface area contributed by atoms with E-state index < -0.39 is 0 Å². The number of para-hydroxylation sites is 1. The highest BCUT2D eigenvalue weighted by Gasteiger charge is 2.39. The molecule has 11 aromatic rings. The molecule has 0 aromatic heterocycles. The Bertz CT molecular complexity index is 3540. The maximum Gasteiger partial charge on any atom is 0.0781 e. The molecule has 0 unspecified atom stereocenters. The van der Waals surface area contributed by atoms with Crippen LogP contribution in [-0.4, -0.2) is 0 Å². The number of hydrogen-bond acceptors (Lipinski definition) is 2. The maximum atomic E-state index is 2.56. The van der Waals surface area contributed by atoms with Gasteiger partial charge in [0.05, 0.1) is 28.4 Å². The summed E-state index contributed by atoms with van der Waals surface area (Å²) in [5.74, 6) is 0. The SMILES string of the molecule is CC1(C)c2ccccc2N(c2c(N(c3ccc(-c4ccccc4)cc3)c3cc4ccccc4c4ccccc34)ccc3ccccc23)c2ccc(-c3cccc4ccccc34)cc21. The molecule has 2 heteroatoms. The van der Waals surface area contributed by atoms with Gasteiger partial charge in [-0.15, -0.1) is 0 Å². The molecule has 1 heterocycles. The highest BCUT2D eigenvalue weighted by atomic mass is 15.2. The first-order valence-electron chi connectivity index (χ1n) is 21.9. The van der Waals surface area contributed by atoms with Crippen molar-refractivity contribution in [2.24, 2.45) is 0 Å². The molecule has 1 aliphatic heterocycles. The standard InChI is InChI=1S/C61H44N2/c1-61(2)54-29-14-15-30-56(54)63(57-37-34-46(39-55(57)61)49-28-16-22-43-19-6-9-23-48(43)49)60-51-25-11-7-20-44(51)33-38-58(60)62(47-35-31-42(32-36-47)41-17-4-3-5-18-41)59-40-45-21-8-10-24-50(45)52-26-12-13-27-53(52)59/h3-40H,1-2H3. The summed E-state index contributed by atoms with van der Waals surface area (Å²) in [5.41, 5.74) is 14.0. The fraction of sp³-hybridized carbons (Fsp3) is 0.0492. The van der Waals surface area contributed by atoms with E-state index in [2.05, 4.69) is 254 Å². The van der Waals surface area contributed by atoms with Crippen LogP contribution < -0.4 is 9.80 Å². The monoisotopic (exact) mass is 804 g/mol. The number of nitrogens with zero attached hydrogens (tertiary/aromatic N) is 2. The Balaban J connectivity index is 1.16. The first-order valence-corrected chi connectivity index (χ1v) is 21.9. The molecule has 11 aromatic carbocycles. The molecule has 0 saturated carbocycles. The van der Waals surface area contributed by atoms with Crippen LogP contribution in [0.2, 0.25) is 0 Å². The van der Waals surface area contributed by atoms with Crippen LogP contribution in [0.3, 0.4) is 0 Å². The van der Waals surface area contributed by atoms with Gasteiger partial charge in [-0.05, 0) is 108 Å². The van der Waals surface area contributed by atoms with Gasteiger partial charge >= 0.3 is 0 Å². The Hall–Kier alpha value is -7.94. The first kappa shape index (κ1) is 36.9. The van der Waals surface area contributed by atoms with Gasteiger partial charge in [0.2, 0.25) is 0 Å². The number of hydrogen-bond donors (Lipinski definition) is 0. The van der Waals surface area contributed by atoms with Gasteiger partial charge in [-0.2, -0.15) is 0 Å². The zero-order valence-electron chi connectivity index (χ0n) is 35.3. The zero-order valence-corrected chi connectivity index (χ0v) is 35.3. The van der Waals surface area contributed by atoms with Gasteiger partial charge in [0.1, 0.15) is 0 Å². The Morgan fingerprint density at radius 1 is 0.349 bits per heavy atom. The van der Waals surface area contributed by atoms with Gasteiger partial charge in [0.15, 0.2) is 0 Å². The van der Waals surface area contributed by atoms with E-state index in [1.165, 1.54) is 87.8 Å². The second-order valence-corrected chi connectivity index (χ2v) is 17.3. The minimum Gasteiger partial charge on any atom is -0.308 e. The summed E-state index contributed by atoms with van der Waals surface area (Å²) < 4.78 is 0. The highest BCUT2D eigenvalue weighted by molar-refractivity contribution is 6.16. The highest BCUT2D eigenvalue weighted by Crippen LogP contribution is 2.57. The molecule has 0 N–H and O–H groups in total. The van der Waals surface area contributed by atoms with Crippen molar-refractivity contribution in [3.63, 3.8) is 0 Å². The summed E-state index contributed by atoms with van der Waals surface area (Å²) in [5, 5.41) is 9.77. The van der Waals surface area contributed by atoms with E-state index in [0.717, 1.165) is 22.7 Å². The van der Waals surface area contributed by atoms with Crippen molar-refractivity contribution in [1.82, 2.24) is 0 Å². The van der Waals surface area contributed by atoms with E-state index in [1.807, 2.05) is 0 Å². The van der Waals surface area contributed by atoms with Crippen LogP contribution in [0.5, 0.6) is 0 Å². The predicted molar refractivity (Wildman–Crippen MR) is 269 cm³/mol. The van der Waals surface area contributed by atoms with Crippen LogP contribution in [0, 0.1) is 0 Å². The number of rotatable bonds is 6. The average Bonchev–Trinajstić information content (AvgIpc) is 3.35. The number of fused-ring (bicyclic) bond motifs is 7. The quantitative estimate of drug-likeness (QED) is 0.155. The van der Waals surface area contributed by atoms with E-state index in [-0.39, 0.29) is 5.41 Å². The van der Waals surface area contributed by atoms with Crippen molar-refractivity contribution in [1.29, 1.82) is 0 Å². The molecule has 63 heavy (non-hydrogen) atoms. The molecule has 0 atom stereocenters. The minimum absolute atomic E-state index is 0.282. The Kier molecular flexibility index (Phi) is 8.55. The van der Waals surface area contributed by atoms with Gasteiger partial charge in [-0.1, -0.05) is 202 Å². The fourth-order valence-electron chi connectivity index (χ4n) is 10.3. The van der Waals surface area contributed by atoms with Crippen LogP contribution >= 0.6 is 0 Å². The lowest BCUT2D eigenvalue weighted by molar-refractivity contribution is 0.632. The van der Waals surface area contributed by atoms with Crippen molar-refractivity contribution in [3.8, 4) is 22.3 Å². The number of anilines is 6. The van der Waals surface area contributed by atoms with Gasteiger partial charge in [-0.25, -0.2) is 0 Å². The van der Waals surface area contributed by atoms with Crippen LogP contribution in [0.15, 0.2) is 231 Å². The third-order valence-corrected chi connectivity index (χ3v) is 13.4. The Labute approximate surface area is 368 Å². The molecular formula is C61H44N2. The molecule has 0 fully saturated rings.